The Labute approximate surface area is 101 Å². The van der Waals surface area contributed by atoms with Gasteiger partial charge in [-0.3, -0.25) is 4.79 Å². The molecule has 2 N–H and O–H groups in total. The second-order valence-corrected chi connectivity index (χ2v) is 3.03. The minimum Gasteiger partial charge on any atom is -0.468 e. The van der Waals surface area contributed by atoms with E-state index in [-0.39, 0.29) is 19.0 Å². The van der Waals surface area contributed by atoms with E-state index in [2.05, 4.69) is 9.72 Å². The van der Waals surface area contributed by atoms with Gasteiger partial charge in [-0.05, 0) is 0 Å². The second kappa shape index (κ2) is 5.87. The van der Waals surface area contributed by atoms with Crippen molar-refractivity contribution in [1.29, 1.82) is 0 Å². The maximum atomic E-state index is 12.4. The van der Waals surface area contributed by atoms with Crippen molar-refractivity contribution >= 4 is 18.4 Å². The monoisotopic (exact) mass is 273 g/mol. The molecule has 1 aromatic heterocycles. The molecule has 1 aromatic rings. The number of rotatable bonds is 3. The van der Waals surface area contributed by atoms with E-state index in [1.165, 1.54) is 0 Å². The van der Waals surface area contributed by atoms with Crippen molar-refractivity contribution < 1.29 is 22.7 Å². The first kappa shape index (κ1) is 15.7. The van der Waals surface area contributed by atoms with Crippen LogP contribution in [0.15, 0.2) is 12.4 Å². The van der Waals surface area contributed by atoms with E-state index in [1.54, 1.807) is 0 Å². The fraction of sp³-hybridized carbons (Fsp3) is 0.500. The van der Waals surface area contributed by atoms with E-state index < -0.39 is 24.0 Å². The normalized spacial score (nSPS) is 12.8. The molecule has 0 spiro atoms. The summed E-state index contributed by atoms with van der Waals surface area (Å²) >= 11 is 0. The summed E-state index contributed by atoms with van der Waals surface area (Å²) in [5.41, 5.74) is 5.34. The van der Waals surface area contributed by atoms with Gasteiger partial charge < -0.3 is 15.0 Å². The van der Waals surface area contributed by atoms with Crippen LogP contribution in [-0.2, 0) is 22.3 Å². The van der Waals surface area contributed by atoms with E-state index in [0.717, 1.165) is 24.1 Å². The van der Waals surface area contributed by atoms with E-state index in [4.69, 9.17) is 5.73 Å². The molecule has 1 unspecified atom stereocenters. The SMILES string of the molecule is COC(=O)C(N)Cn1ccnc1C(F)(F)F.Cl. The molecule has 0 fully saturated rings. The molecule has 98 valence electrons. The Morgan fingerprint density at radius 1 is 1.65 bits per heavy atom. The molecule has 0 bridgehead atoms. The van der Waals surface area contributed by atoms with Gasteiger partial charge in [0.2, 0.25) is 5.82 Å². The van der Waals surface area contributed by atoms with Crippen LogP contribution < -0.4 is 5.73 Å². The number of carbonyl (C=O) groups is 1. The fourth-order valence-corrected chi connectivity index (χ4v) is 1.15. The van der Waals surface area contributed by atoms with Gasteiger partial charge in [0.05, 0.1) is 13.7 Å². The quantitative estimate of drug-likeness (QED) is 0.828. The number of nitrogens with zero attached hydrogens (tertiary/aromatic N) is 2. The highest BCUT2D eigenvalue weighted by Gasteiger charge is 2.36. The largest absolute Gasteiger partial charge is 0.468 e. The number of methoxy groups -OCH3 is 1. The van der Waals surface area contributed by atoms with Crippen LogP contribution in [-0.4, -0.2) is 28.7 Å². The molecule has 0 aliphatic rings. The van der Waals surface area contributed by atoms with Gasteiger partial charge in [-0.25, -0.2) is 4.98 Å². The van der Waals surface area contributed by atoms with Gasteiger partial charge >= 0.3 is 12.1 Å². The lowest BCUT2D eigenvalue weighted by atomic mass is 10.3. The zero-order valence-corrected chi connectivity index (χ0v) is 9.59. The number of hydrogen-bond acceptors (Lipinski definition) is 4. The number of hydrogen-bond donors (Lipinski definition) is 1. The zero-order valence-electron chi connectivity index (χ0n) is 8.77. The minimum atomic E-state index is -4.57. The van der Waals surface area contributed by atoms with Crippen LogP contribution >= 0.6 is 12.4 Å². The predicted octanol–water partition coefficient (Wildman–Crippen LogP) is 0.824. The Kier molecular flexibility index (Phi) is 5.43. The molecule has 0 aromatic carbocycles. The molecular weight excluding hydrogens is 263 g/mol. The highest BCUT2D eigenvalue weighted by atomic mass is 35.5. The summed E-state index contributed by atoms with van der Waals surface area (Å²) in [6, 6.07) is -1.15. The second-order valence-electron chi connectivity index (χ2n) is 3.03. The standard InChI is InChI=1S/C8H10F3N3O2.ClH/c1-16-6(15)5(12)4-14-3-2-13-7(14)8(9,10)11;/h2-3,5H,4,12H2,1H3;1H. The molecule has 1 heterocycles. The molecule has 0 amide bonds. The number of halogens is 4. The molecule has 1 atom stereocenters. The first-order valence-corrected chi connectivity index (χ1v) is 4.28. The van der Waals surface area contributed by atoms with Gasteiger partial charge in [0.25, 0.3) is 0 Å². The van der Waals surface area contributed by atoms with Crippen LogP contribution in [0.4, 0.5) is 13.2 Å². The van der Waals surface area contributed by atoms with Gasteiger partial charge in [-0.15, -0.1) is 12.4 Å². The molecule has 0 saturated carbocycles. The van der Waals surface area contributed by atoms with Gasteiger partial charge in [-0.1, -0.05) is 0 Å². The van der Waals surface area contributed by atoms with Gasteiger partial charge in [-0.2, -0.15) is 13.2 Å². The highest BCUT2D eigenvalue weighted by molar-refractivity contribution is 5.85. The van der Waals surface area contributed by atoms with Crippen LogP contribution in [0.3, 0.4) is 0 Å². The molecule has 5 nitrogen and oxygen atoms in total. The first-order chi connectivity index (χ1) is 7.36. The highest BCUT2D eigenvalue weighted by Crippen LogP contribution is 2.27. The third-order valence-electron chi connectivity index (χ3n) is 1.87. The van der Waals surface area contributed by atoms with Crippen molar-refractivity contribution in [3.8, 4) is 0 Å². The Hall–Kier alpha value is -1.28. The summed E-state index contributed by atoms with van der Waals surface area (Å²) < 4.78 is 42.2. The molecule has 17 heavy (non-hydrogen) atoms. The number of imidazole rings is 1. The zero-order chi connectivity index (χ0) is 12.3. The molecule has 1 rings (SSSR count). The number of esters is 1. The Morgan fingerprint density at radius 3 is 2.71 bits per heavy atom. The Bertz CT molecular complexity index is 380. The lowest BCUT2D eigenvalue weighted by Crippen LogP contribution is -2.36. The smallest absolute Gasteiger partial charge is 0.449 e. The Balaban J connectivity index is 0.00000256. The number of alkyl halides is 3. The van der Waals surface area contributed by atoms with Crippen LogP contribution in [0.5, 0.6) is 0 Å². The summed E-state index contributed by atoms with van der Waals surface area (Å²) in [4.78, 5) is 14.1. The summed E-state index contributed by atoms with van der Waals surface area (Å²) in [7, 11) is 1.11. The van der Waals surface area contributed by atoms with Crippen molar-refractivity contribution in [1.82, 2.24) is 9.55 Å². The number of nitrogens with two attached hydrogens (primary N) is 1. The lowest BCUT2D eigenvalue weighted by Gasteiger charge is -2.13. The number of aromatic nitrogens is 2. The summed E-state index contributed by atoms with van der Waals surface area (Å²) in [5, 5.41) is 0. The Morgan fingerprint density at radius 2 is 2.24 bits per heavy atom. The lowest BCUT2D eigenvalue weighted by molar-refractivity contribution is -0.149. The van der Waals surface area contributed by atoms with Crippen LogP contribution in [0.1, 0.15) is 5.82 Å². The van der Waals surface area contributed by atoms with Gasteiger partial charge in [0.1, 0.15) is 6.04 Å². The van der Waals surface area contributed by atoms with Crippen molar-refractivity contribution in [2.75, 3.05) is 7.11 Å². The topological polar surface area (TPSA) is 70.1 Å². The van der Waals surface area contributed by atoms with Gasteiger partial charge in [0.15, 0.2) is 0 Å². The maximum absolute atomic E-state index is 12.4. The van der Waals surface area contributed by atoms with Gasteiger partial charge in [0, 0.05) is 12.4 Å². The van der Waals surface area contributed by atoms with Crippen LogP contribution in [0, 0.1) is 0 Å². The van der Waals surface area contributed by atoms with Crippen LogP contribution in [0.2, 0.25) is 0 Å². The van der Waals surface area contributed by atoms with Crippen molar-refractivity contribution in [2.45, 2.75) is 18.8 Å². The maximum Gasteiger partial charge on any atom is 0.449 e. The first-order valence-electron chi connectivity index (χ1n) is 4.28. The van der Waals surface area contributed by atoms with Crippen molar-refractivity contribution in [3.63, 3.8) is 0 Å². The number of ether oxygens (including phenoxy) is 1. The van der Waals surface area contributed by atoms with E-state index in [0.29, 0.717) is 0 Å². The minimum absolute atomic E-state index is 0. The average Bonchev–Trinajstić information content (AvgIpc) is 2.63. The number of carbonyl (C=O) groups excluding carboxylic acids is 1. The fourth-order valence-electron chi connectivity index (χ4n) is 1.15. The third-order valence-corrected chi connectivity index (χ3v) is 1.87. The molecule has 0 saturated heterocycles. The summed E-state index contributed by atoms with van der Waals surface area (Å²) in [6.45, 7) is -0.332. The third kappa shape index (κ3) is 3.90. The van der Waals surface area contributed by atoms with Crippen molar-refractivity contribution in [3.05, 3.63) is 18.2 Å². The van der Waals surface area contributed by atoms with E-state index in [9.17, 15) is 18.0 Å². The molecule has 0 aliphatic carbocycles. The van der Waals surface area contributed by atoms with E-state index >= 15 is 0 Å². The molecule has 9 heteroatoms. The molecule has 0 radical (unpaired) electrons. The summed E-state index contributed by atoms with van der Waals surface area (Å²) in [5.74, 6) is -1.87. The van der Waals surface area contributed by atoms with Crippen molar-refractivity contribution in [2.24, 2.45) is 5.73 Å². The summed E-state index contributed by atoms with van der Waals surface area (Å²) in [6.07, 6.45) is -2.47. The average molecular weight is 274 g/mol. The van der Waals surface area contributed by atoms with Crippen LogP contribution in [0.25, 0.3) is 0 Å². The van der Waals surface area contributed by atoms with E-state index in [1.807, 2.05) is 0 Å². The molecule has 0 aliphatic heterocycles. The predicted molar refractivity (Wildman–Crippen MR) is 54.5 cm³/mol. The molecular formula is C8H11ClF3N3O2.